The van der Waals surface area contributed by atoms with Gasteiger partial charge in [-0.1, -0.05) is 37.1 Å². The molecule has 1 aromatic carbocycles. The quantitative estimate of drug-likeness (QED) is 0.856. The second kappa shape index (κ2) is 5.83. The van der Waals surface area contributed by atoms with Crippen LogP contribution in [0, 0.1) is 5.92 Å². The number of aromatic carboxylic acids is 1. The molecule has 1 fully saturated rings. The van der Waals surface area contributed by atoms with E-state index in [0.717, 1.165) is 27.5 Å². The van der Waals surface area contributed by atoms with Crippen LogP contribution in [0.4, 0.5) is 0 Å². The maximum absolute atomic E-state index is 11.2. The van der Waals surface area contributed by atoms with E-state index in [2.05, 4.69) is 4.98 Å². The molecule has 1 aromatic heterocycles. The Labute approximate surface area is 122 Å². The van der Waals surface area contributed by atoms with Crippen molar-refractivity contribution in [2.45, 2.75) is 30.7 Å². The minimum Gasteiger partial charge on any atom is -0.477 e. The summed E-state index contributed by atoms with van der Waals surface area (Å²) < 4.78 is 0. The molecule has 0 unspecified atom stereocenters. The van der Waals surface area contributed by atoms with Crippen LogP contribution in [0.15, 0.2) is 35.4 Å². The molecule has 1 saturated carbocycles. The summed E-state index contributed by atoms with van der Waals surface area (Å²) in [6.07, 6.45) is 5.25. The number of thioether (sulfide) groups is 1. The van der Waals surface area contributed by atoms with E-state index in [1.165, 1.54) is 25.7 Å². The number of benzene rings is 1. The molecule has 1 heterocycles. The van der Waals surface area contributed by atoms with Gasteiger partial charge in [-0.05, 0) is 30.2 Å². The van der Waals surface area contributed by atoms with Gasteiger partial charge in [0.2, 0.25) is 0 Å². The van der Waals surface area contributed by atoms with Gasteiger partial charge in [0.15, 0.2) is 0 Å². The molecule has 2 aromatic rings. The number of aromatic nitrogens is 1. The maximum Gasteiger partial charge on any atom is 0.354 e. The van der Waals surface area contributed by atoms with E-state index in [4.69, 9.17) is 0 Å². The molecule has 3 nitrogen and oxygen atoms in total. The van der Waals surface area contributed by atoms with Gasteiger partial charge in [0.25, 0.3) is 0 Å². The molecule has 0 atom stereocenters. The lowest BCUT2D eigenvalue weighted by atomic mass is 10.1. The summed E-state index contributed by atoms with van der Waals surface area (Å²) in [6.45, 7) is 0. The fourth-order valence-corrected chi connectivity index (χ4v) is 3.99. The van der Waals surface area contributed by atoms with Gasteiger partial charge >= 0.3 is 5.97 Å². The van der Waals surface area contributed by atoms with E-state index in [9.17, 15) is 9.90 Å². The van der Waals surface area contributed by atoms with Crippen LogP contribution in [0.1, 0.15) is 36.2 Å². The van der Waals surface area contributed by atoms with Crippen LogP contribution in [-0.2, 0) is 0 Å². The van der Waals surface area contributed by atoms with Crippen LogP contribution in [0.2, 0.25) is 0 Å². The third kappa shape index (κ3) is 2.80. The zero-order chi connectivity index (χ0) is 13.9. The lowest BCUT2D eigenvalue weighted by Gasteiger charge is -2.10. The summed E-state index contributed by atoms with van der Waals surface area (Å²) in [4.78, 5) is 15.5. The van der Waals surface area contributed by atoms with Crippen molar-refractivity contribution in [3.8, 4) is 0 Å². The van der Waals surface area contributed by atoms with Crippen LogP contribution in [0.3, 0.4) is 0 Å². The molecule has 0 saturated heterocycles. The van der Waals surface area contributed by atoms with Gasteiger partial charge in [-0.3, -0.25) is 0 Å². The number of carbonyl (C=O) groups is 1. The first-order valence-corrected chi connectivity index (χ1v) is 7.98. The van der Waals surface area contributed by atoms with E-state index in [1.54, 1.807) is 17.8 Å². The fourth-order valence-electron chi connectivity index (χ4n) is 2.76. The van der Waals surface area contributed by atoms with E-state index in [1.807, 2.05) is 24.3 Å². The van der Waals surface area contributed by atoms with Gasteiger partial charge in [0, 0.05) is 11.1 Å². The second-order valence-electron chi connectivity index (χ2n) is 5.30. The number of fused-ring (bicyclic) bond motifs is 1. The maximum atomic E-state index is 11.2. The summed E-state index contributed by atoms with van der Waals surface area (Å²) in [5, 5.41) is 12.0. The highest BCUT2D eigenvalue weighted by atomic mass is 32.2. The second-order valence-corrected chi connectivity index (χ2v) is 6.31. The predicted molar refractivity (Wildman–Crippen MR) is 81.4 cm³/mol. The molecule has 1 N–H and O–H groups in total. The van der Waals surface area contributed by atoms with Crippen molar-refractivity contribution < 1.29 is 9.90 Å². The molecule has 0 aliphatic heterocycles. The zero-order valence-corrected chi connectivity index (χ0v) is 12.0. The number of hydrogen-bond donors (Lipinski definition) is 1. The molecule has 0 amide bonds. The van der Waals surface area contributed by atoms with Crippen molar-refractivity contribution in [2.24, 2.45) is 5.92 Å². The number of nitrogens with zero attached hydrogens (tertiary/aromatic N) is 1. The first kappa shape index (κ1) is 13.4. The van der Waals surface area contributed by atoms with Crippen LogP contribution < -0.4 is 0 Å². The van der Waals surface area contributed by atoms with E-state index < -0.39 is 5.97 Å². The lowest BCUT2D eigenvalue weighted by Crippen LogP contribution is -2.03. The number of rotatable bonds is 4. The summed E-state index contributed by atoms with van der Waals surface area (Å²) in [5.74, 6) is 0.840. The summed E-state index contributed by atoms with van der Waals surface area (Å²) in [6, 6.07) is 9.52. The minimum atomic E-state index is -0.960. The molecule has 1 aliphatic carbocycles. The molecule has 0 spiro atoms. The SMILES string of the molecule is O=C(O)c1cc2ccccc2c(SCC2CCCC2)n1. The Bertz CT molecular complexity index is 635. The average molecular weight is 287 g/mol. The average Bonchev–Trinajstić information content (AvgIpc) is 2.97. The third-order valence-corrected chi connectivity index (χ3v) is 5.08. The Morgan fingerprint density at radius 3 is 2.80 bits per heavy atom. The van der Waals surface area contributed by atoms with Gasteiger partial charge in [-0.2, -0.15) is 0 Å². The molecule has 20 heavy (non-hydrogen) atoms. The first-order chi connectivity index (χ1) is 9.74. The van der Waals surface area contributed by atoms with Crippen molar-refractivity contribution in [3.63, 3.8) is 0 Å². The fraction of sp³-hybridized carbons (Fsp3) is 0.375. The zero-order valence-electron chi connectivity index (χ0n) is 11.2. The smallest absolute Gasteiger partial charge is 0.354 e. The van der Waals surface area contributed by atoms with E-state index >= 15 is 0 Å². The summed E-state index contributed by atoms with van der Waals surface area (Å²) in [7, 11) is 0. The van der Waals surface area contributed by atoms with Crippen molar-refractivity contribution in [1.29, 1.82) is 0 Å². The van der Waals surface area contributed by atoms with Crippen LogP contribution in [0.25, 0.3) is 10.8 Å². The van der Waals surface area contributed by atoms with Gasteiger partial charge in [0.1, 0.15) is 10.7 Å². The highest BCUT2D eigenvalue weighted by Crippen LogP contribution is 2.33. The normalized spacial score (nSPS) is 15.8. The standard InChI is InChI=1S/C16H17NO2S/c18-16(19)14-9-12-7-3-4-8-13(12)15(17-14)20-10-11-5-1-2-6-11/h3-4,7-9,11H,1-2,5-6,10H2,(H,18,19). The van der Waals surface area contributed by atoms with Gasteiger partial charge in [-0.25, -0.2) is 9.78 Å². The first-order valence-electron chi connectivity index (χ1n) is 7.00. The highest BCUT2D eigenvalue weighted by molar-refractivity contribution is 7.99. The summed E-state index contributed by atoms with van der Waals surface area (Å²) >= 11 is 1.70. The van der Waals surface area contributed by atoms with Gasteiger partial charge < -0.3 is 5.11 Å². The molecular weight excluding hydrogens is 270 g/mol. The summed E-state index contributed by atoms with van der Waals surface area (Å²) in [5.41, 5.74) is 0.137. The molecule has 0 radical (unpaired) electrons. The molecule has 3 rings (SSSR count). The molecule has 104 valence electrons. The monoisotopic (exact) mass is 287 g/mol. The van der Waals surface area contributed by atoms with E-state index in [-0.39, 0.29) is 5.69 Å². The molecule has 1 aliphatic rings. The number of carboxylic acids is 1. The van der Waals surface area contributed by atoms with Crippen molar-refractivity contribution in [3.05, 3.63) is 36.0 Å². The Kier molecular flexibility index (Phi) is 3.92. The number of hydrogen-bond acceptors (Lipinski definition) is 3. The number of carboxylic acid groups (broad SMARTS) is 1. The Balaban J connectivity index is 1.92. The Morgan fingerprint density at radius 1 is 1.30 bits per heavy atom. The van der Waals surface area contributed by atoms with Crippen LogP contribution >= 0.6 is 11.8 Å². The van der Waals surface area contributed by atoms with Crippen LogP contribution in [0.5, 0.6) is 0 Å². The van der Waals surface area contributed by atoms with Crippen molar-refractivity contribution in [1.82, 2.24) is 4.98 Å². The van der Waals surface area contributed by atoms with Crippen LogP contribution in [-0.4, -0.2) is 21.8 Å². The molecule has 0 bridgehead atoms. The van der Waals surface area contributed by atoms with Gasteiger partial charge in [0.05, 0.1) is 0 Å². The molecular formula is C16H17NO2S. The largest absolute Gasteiger partial charge is 0.477 e. The lowest BCUT2D eigenvalue weighted by molar-refractivity contribution is 0.0690. The Morgan fingerprint density at radius 2 is 2.05 bits per heavy atom. The third-order valence-electron chi connectivity index (χ3n) is 3.86. The molecule has 4 heteroatoms. The van der Waals surface area contributed by atoms with Gasteiger partial charge in [-0.15, -0.1) is 11.8 Å². The van der Waals surface area contributed by atoms with Crippen molar-refractivity contribution >= 4 is 28.5 Å². The van der Waals surface area contributed by atoms with Crippen molar-refractivity contribution in [2.75, 3.05) is 5.75 Å². The topological polar surface area (TPSA) is 50.2 Å². The minimum absolute atomic E-state index is 0.137. The number of pyridine rings is 1. The van der Waals surface area contributed by atoms with E-state index in [0.29, 0.717) is 0 Å². The highest BCUT2D eigenvalue weighted by Gasteiger charge is 2.17. The predicted octanol–water partition coefficient (Wildman–Crippen LogP) is 4.22. The Hall–Kier alpha value is -1.55.